The molecule has 5 heteroatoms. The summed E-state index contributed by atoms with van der Waals surface area (Å²) in [4.78, 5) is 18.9. The van der Waals surface area contributed by atoms with Gasteiger partial charge in [0.05, 0.1) is 12.6 Å². The van der Waals surface area contributed by atoms with Crippen LogP contribution in [0.1, 0.15) is 30.9 Å². The minimum absolute atomic E-state index is 0.199. The molecule has 1 heterocycles. The van der Waals surface area contributed by atoms with Gasteiger partial charge in [-0.25, -0.2) is 0 Å². The number of hydrogen-bond acceptors (Lipinski definition) is 4. The highest BCUT2D eigenvalue weighted by atomic mass is 16.3. The Hall–Kier alpha value is -1.43. The minimum atomic E-state index is -0.314. The van der Waals surface area contributed by atoms with Crippen LogP contribution in [0.25, 0.3) is 0 Å². The number of aliphatic hydroxyl groups excluding tert-OH is 1. The number of hydrogen-bond donors (Lipinski definition) is 1. The van der Waals surface area contributed by atoms with Crippen molar-refractivity contribution in [2.75, 3.05) is 46.3 Å². The van der Waals surface area contributed by atoms with E-state index in [9.17, 15) is 9.90 Å². The van der Waals surface area contributed by atoms with Crippen molar-refractivity contribution in [3.63, 3.8) is 0 Å². The number of amides is 1. The monoisotopic (exact) mass is 347 g/mol. The first-order chi connectivity index (χ1) is 11.9. The lowest BCUT2D eigenvalue weighted by molar-refractivity contribution is -0.132. The molecule has 5 nitrogen and oxygen atoms in total. The summed E-state index contributed by atoms with van der Waals surface area (Å²) in [6, 6.07) is 8.71. The Balaban J connectivity index is 1.78. The quantitative estimate of drug-likeness (QED) is 0.816. The van der Waals surface area contributed by atoms with Gasteiger partial charge in [-0.15, -0.1) is 0 Å². The normalized spacial score (nSPS) is 17.6. The second-order valence-corrected chi connectivity index (χ2v) is 7.37. The third-order valence-corrected chi connectivity index (χ3v) is 4.80. The van der Waals surface area contributed by atoms with Crippen molar-refractivity contribution >= 4 is 5.91 Å². The number of carbonyl (C=O) groups is 1. The van der Waals surface area contributed by atoms with Gasteiger partial charge in [0.2, 0.25) is 5.91 Å². The first-order valence-electron chi connectivity index (χ1n) is 9.36. The molecule has 0 spiro atoms. The Bertz CT molecular complexity index is 530. The van der Waals surface area contributed by atoms with Crippen LogP contribution in [-0.4, -0.2) is 78.1 Å². The fraction of sp³-hybridized carbons (Fsp3) is 0.650. The lowest BCUT2D eigenvalue weighted by atomic mass is 10.1. The zero-order valence-electron chi connectivity index (χ0n) is 15.9. The SMILES string of the molecule is Cc1ccc(CN2CCCN(C(=O)CN(C)CCC(C)O)CC2)cc1. The Kier molecular flexibility index (Phi) is 7.88. The highest BCUT2D eigenvalue weighted by Crippen LogP contribution is 2.10. The Morgan fingerprint density at radius 3 is 2.60 bits per heavy atom. The van der Waals surface area contributed by atoms with E-state index in [-0.39, 0.29) is 12.0 Å². The van der Waals surface area contributed by atoms with Crippen molar-refractivity contribution < 1.29 is 9.90 Å². The molecule has 0 radical (unpaired) electrons. The molecule has 1 amide bonds. The van der Waals surface area contributed by atoms with Crippen molar-refractivity contribution in [2.45, 2.75) is 39.3 Å². The molecule has 1 aliphatic heterocycles. The van der Waals surface area contributed by atoms with Crippen molar-refractivity contribution in [1.29, 1.82) is 0 Å². The zero-order chi connectivity index (χ0) is 18.2. The van der Waals surface area contributed by atoms with Crippen molar-refractivity contribution in [2.24, 2.45) is 0 Å². The number of aryl methyl sites for hydroxylation is 1. The van der Waals surface area contributed by atoms with E-state index in [2.05, 4.69) is 36.1 Å². The summed E-state index contributed by atoms with van der Waals surface area (Å²) in [7, 11) is 1.95. The molecule has 1 aromatic carbocycles. The van der Waals surface area contributed by atoms with E-state index in [1.165, 1.54) is 11.1 Å². The standard InChI is InChI=1S/C20H33N3O2/c1-17-5-7-19(8-6-17)15-22-10-4-11-23(14-13-22)20(25)16-21(3)12-9-18(2)24/h5-8,18,24H,4,9-16H2,1-3H3. The van der Waals surface area contributed by atoms with Gasteiger partial charge in [-0.05, 0) is 39.3 Å². The van der Waals surface area contributed by atoms with Crippen LogP contribution < -0.4 is 0 Å². The van der Waals surface area contributed by atoms with E-state index in [4.69, 9.17) is 0 Å². The van der Waals surface area contributed by atoms with E-state index < -0.39 is 0 Å². The highest BCUT2D eigenvalue weighted by molar-refractivity contribution is 5.78. The molecule has 1 aromatic rings. The van der Waals surface area contributed by atoms with Crippen molar-refractivity contribution in [1.82, 2.24) is 14.7 Å². The van der Waals surface area contributed by atoms with E-state index in [1.807, 2.05) is 16.8 Å². The molecule has 1 atom stereocenters. The Morgan fingerprint density at radius 2 is 1.92 bits per heavy atom. The molecule has 0 saturated carbocycles. The molecule has 0 aliphatic carbocycles. The average Bonchev–Trinajstić information content (AvgIpc) is 2.81. The first kappa shape index (κ1) is 19.9. The van der Waals surface area contributed by atoms with Crippen LogP contribution in [-0.2, 0) is 11.3 Å². The van der Waals surface area contributed by atoms with Crippen LogP contribution in [0.4, 0.5) is 0 Å². The molecular weight excluding hydrogens is 314 g/mol. The number of carbonyl (C=O) groups excluding carboxylic acids is 1. The second kappa shape index (κ2) is 9.90. The van der Waals surface area contributed by atoms with Gasteiger partial charge in [-0.1, -0.05) is 29.8 Å². The maximum atomic E-state index is 12.5. The third-order valence-electron chi connectivity index (χ3n) is 4.80. The number of aliphatic hydroxyl groups is 1. The van der Waals surface area contributed by atoms with Crippen LogP contribution >= 0.6 is 0 Å². The molecule has 1 aliphatic rings. The largest absolute Gasteiger partial charge is 0.393 e. The highest BCUT2D eigenvalue weighted by Gasteiger charge is 2.20. The third kappa shape index (κ3) is 7.14. The predicted molar refractivity (Wildman–Crippen MR) is 101 cm³/mol. The summed E-state index contributed by atoms with van der Waals surface area (Å²) in [6.07, 6.45) is 1.41. The minimum Gasteiger partial charge on any atom is -0.393 e. The van der Waals surface area contributed by atoms with Gasteiger partial charge >= 0.3 is 0 Å². The first-order valence-corrected chi connectivity index (χ1v) is 9.36. The molecule has 1 unspecified atom stereocenters. The van der Waals surface area contributed by atoms with Crippen LogP contribution in [0.3, 0.4) is 0 Å². The molecular formula is C20H33N3O2. The molecule has 1 fully saturated rings. The summed E-state index contributed by atoms with van der Waals surface area (Å²) in [6.45, 7) is 9.64. The van der Waals surface area contributed by atoms with E-state index in [1.54, 1.807) is 6.92 Å². The van der Waals surface area contributed by atoms with Crippen LogP contribution in [0, 0.1) is 6.92 Å². The van der Waals surface area contributed by atoms with Gasteiger partial charge < -0.3 is 10.0 Å². The van der Waals surface area contributed by atoms with Crippen LogP contribution in [0.5, 0.6) is 0 Å². The Morgan fingerprint density at radius 1 is 1.20 bits per heavy atom. The topological polar surface area (TPSA) is 47.0 Å². The molecule has 2 rings (SSSR count). The van der Waals surface area contributed by atoms with Crippen LogP contribution in [0.2, 0.25) is 0 Å². The fourth-order valence-electron chi connectivity index (χ4n) is 3.15. The molecule has 1 N–H and O–H groups in total. The molecule has 1 saturated heterocycles. The maximum Gasteiger partial charge on any atom is 0.236 e. The van der Waals surface area contributed by atoms with E-state index in [0.29, 0.717) is 13.0 Å². The number of likely N-dealkylation sites (N-methyl/N-ethyl adjacent to an activating group) is 1. The summed E-state index contributed by atoms with van der Waals surface area (Å²) >= 11 is 0. The lowest BCUT2D eigenvalue weighted by Crippen LogP contribution is -2.41. The number of benzene rings is 1. The zero-order valence-corrected chi connectivity index (χ0v) is 15.9. The fourth-order valence-corrected chi connectivity index (χ4v) is 3.15. The molecule has 0 aromatic heterocycles. The summed E-state index contributed by atoms with van der Waals surface area (Å²) < 4.78 is 0. The van der Waals surface area contributed by atoms with Gasteiger partial charge in [0.1, 0.15) is 0 Å². The smallest absolute Gasteiger partial charge is 0.236 e. The molecule has 0 bridgehead atoms. The summed E-state index contributed by atoms with van der Waals surface area (Å²) in [5, 5.41) is 9.36. The predicted octanol–water partition coefficient (Wildman–Crippen LogP) is 1.73. The molecule has 25 heavy (non-hydrogen) atoms. The summed E-state index contributed by atoms with van der Waals surface area (Å²) in [5.41, 5.74) is 2.62. The van der Waals surface area contributed by atoms with Gasteiger partial charge in [0.15, 0.2) is 0 Å². The van der Waals surface area contributed by atoms with Crippen molar-refractivity contribution in [3.8, 4) is 0 Å². The number of rotatable bonds is 7. The summed E-state index contributed by atoms with van der Waals surface area (Å²) in [5.74, 6) is 0.199. The van der Waals surface area contributed by atoms with E-state index in [0.717, 1.165) is 45.7 Å². The molecule has 140 valence electrons. The van der Waals surface area contributed by atoms with Gasteiger partial charge in [-0.3, -0.25) is 14.6 Å². The Labute approximate surface area is 152 Å². The second-order valence-electron chi connectivity index (χ2n) is 7.37. The average molecular weight is 348 g/mol. The van der Waals surface area contributed by atoms with Gasteiger partial charge in [0.25, 0.3) is 0 Å². The number of nitrogens with zero attached hydrogens (tertiary/aromatic N) is 3. The van der Waals surface area contributed by atoms with Crippen LogP contribution in [0.15, 0.2) is 24.3 Å². The lowest BCUT2D eigenvalue weighted by Gasteiger charge is -2.25. The van der Waals surface area contributed by atoms with Gasteiger partial charge in [0, 0.05) is 39.3 Å². The van der Waals surface area contributed by atoms with E-state index >= 15 is 0 Å². The van der Waals surface area contributed by atoms with Gasteiger partial charge in [-0.2, -0.15) is 0 Å². The van der Waals surface area contributed by atoms with Crippen molar-refractivity contribution in [3.05, 3.63) is 35.4 Å². The maximum absolute atomic E-state index is 12.5.